The highest BCUT2D eigenvalue weighted by Crippen LogP contribution is 2.29. The molecule has 1 saturated carbocycles. The number of rotatable bonds is 7. The summed E-state index contributed by atoms with van der Waals surface area (Å²) in [5.41, 5.74) is 0.530. The van der Waals surface area contributed by atoms with E-state index >= 15 is 0 Å². The Morgan fingerprint density at radius 2 is 1.90 bits per heavy atom. The van der Waals surface area contributed by atoms with E-state index < -0.39 is 5.54 Å². The summed E-state index contributed by atoms with van der Waals surface area (Å²) in [5.74, 6) is 0. The molecule has 1 aliphatic rings. The summed E-state index contributed by atoms with van der Waals surface area (Å²) in [4.78, 5) is 0. The molecule has 0 aromatic heterocycles. The Morgan fingerprint density at radius 1 is 1.24 bits per heavy atom. The van der Waals surface area contributed by atoms with Crippen molar-refractivity contribution in [2.75, 3.05) is 13.2 Å². The Labute approximate surface area is 128 Å². The second kappa shape index (κ2) is 6.60. The van der Waals surface area contributed by atoms with Crippen LogP contribution in [0.2, 0.25) is 0 Å². The third-order valence-corrected chi connectivity index (χ3v) is 3.80. The Hall–Kier alpha value is -1.37. The molecule has 0 aliphatic heterocycles. The highest BCUT2D eigenvalue weighted by atomic mass is 16.5. The molecule has 0 amide bonds. The quantitative estimate of drug-likeness (QED) is 0.779. The lowest BCUT2D eigenvalue weighted by molar-refractivity contribution is 0.0700. The molecule has 0 saturated heterocycles. The van der Waals surface area contributed by atoms with Crippen molar-refractivity contribution in [3.05, 3.63) is 35.9 Å². The van der Waals surface area contributed by atoms with Crippen molar-refractivity contribution in [2.24, 2.45) is 5.41 Å². The lowest BCUT2D eigenvalue weighted by Gasteiger charge is -2.29. The van der Waals surface area contributed by atoms with Crippen LogP contribution in [0.25, 0.3) is 0 Å². The van der Waals surface area contributed by atoms with Gasteiger partial charge in [-0.05, 0) is 30.2 Å². The molecule has 0 heterocycles. The molecule has 1 atom stereocenters. The lowest BCUT2D eigenvalue weighted by Crippen LogP contribution is -2.46. The molecule has 0 bridgehead atoms. The summed E-state index contributed by atoms with van der Waals surface area (Å²) in [6, 6.07) is 12.9. The third kappa shape index (κ3) is 4.84. The van der Waals surface area contributed by atoms with Crippen LogP contribution < -0.4 is 5.32 Å². The van der Waals surface area contributed by atoms with Gasteiger partial charge in [0.2, 0.25) is 0 Å². The Bertz CT molecular complexity index is 482. The normalized spacial score (nSPS) is 18.0. The molecule has 0 radical (unpaired) electrons. The van der Waals surface area contributed by atoms with Gasteiger partial charge in [0.25, 0.3) is 0 Å². The minimum atomic E-state index is -0.722. The van der Waals surface area contributed by atoms with Gasteiger partial charge in [-0.3, -0.25) is 5.32 Å². The summed E-state index contributed by atoms with van der Waals surface area (Å²) in [6.45, 7) is 7.70. The molecule has 2 rings (SSSR count). The maximum atomic E-state index is 9.77. The topological polar surface area (TPSA) is 45.0 Å². The number of benzene rings is 1. The van der Waals surface area contributed by atoms with Crippen molar-refractivity contribution in [2.45, 2.75) is 51.6 Å². The van der Waals surface area contributed by atoms with Crippen LogP contribution in [0.15, 0.2) is 30.3 Å². The molecular formula is C18H26N2O. The summed E-state index contributed by atoms with van der Waals surface area (Å²) >= 11 is 0. The number of nitrogens with one attached hydrogen (secondary N) is 1. The summed E-state index contributed by atoms with van der Waals surface area (Å²) < 4.78 is 5.86. The van der Waals surface area contributed by atoms with Crippen LogP contribution in [0.1, 0.15) is 45.6 Å². The van der Waals surface area contributed by atoms with E-state index in [0.29, 0.717) is 19.3 Å². The second-order valence-corrected chi connectivity index (χ2v) is 7.17. The average molecular weight is 286 g/mol. The minimum absolute atomic E-state index is 0.256. The molecule has 1 N–H and O–H groups in total. The fourth-order valence-electron chi connectivity index (χ4n) is 2.24. The zero-order valence-corrected chi connectivity index (χ0v) is 13.4. The lowest BCUT2D eigenvalue weighted by atomic mass is 9.91. The van der Waals surface area contributed by atoms with Crippen molar-refractivity contribution in [1.82, 2.24) is 5.32 Å². The second-order valence-electron chi connectivity index (χ2n) is 7.17. The third-order valence-electron chi connectivity index (χ3n) is 3.80. The molecule has 1 aromatic carbocycles. The van der Waals surface area contributed by atoms with E-state index in [1.807, 2.05) is 30.3 Å². The van der Waals surface area contributed by atoms with E-state index in [0.717, 1.165) is 24.8 Å². The van der Waals surface area contributed by atoms with Crippen molar-refractivity contribution >= 4 is 0 Å². The van der Waals surface area contributed by atoms with Crippen LogP contribution in [0.5, 0.6) is 0 Å². The van der Waals surface area contributed by atoms with Crippen LogP contribution in [0.4, 0.5) is 0 Å². The standard InChI is InChI=1S/C18H26N2O/c1-17(2,3)11-12-21-14-18(13-19,20-16-9-10-16)15-7-5-4-6-8-15/h4-8,16,20H,9-12,14H2,1-3H3. The van der Waals surface area contributed by atoms with E-state index in [9.17, 15) is 5.26 Å². The number of nitriles is 1. The summed E-state index contributed by atoms with van der Waals surface area (Å²) in [5, 5.41) is 13.3. The average Bonchev–Trinajstić information content (AvgIpc) is 3.26. The first kappa shape index (κ1) is 16.0. The Balaban J connectivity index is 2.03. The zero-order chi connectivity index (χ0) is 15.3. The fraction of sp³-hybridized carbons (Fsp3) is 0.611. The van der Waals surface area contributed by atoms with Gasteiger partial charge in [-0.2, -0.15) is 5.26 Å². The predicted octanol–water partition coefficient (Wildman–Crippen LogP) is 3.61. The van der Waals surface area contributed by atoms with E-state index in [2.05, 4.69) is 32.2 Å². The van der Waals surface area contributed by atoms with Crippen LogP contribution in [-0.2, 0) is 10.3 Å². The number of ether oxygens (including phenoxy) is 1. The Kier molecular flexibility index (Phi) is 5.03. The monoisotopic (exact) mass is 286 g/mol. The molecular weight excluding hydrogens is 260 g/mol. The molecule has 0 spiro atoms. The zero-order valence-electron chi connectivity index (χ0n) is 13.4. The first-order valence-corrected chi connectivity index (χ1v) is 7.77. The largest absolute Gasteiger partial charge is 0.378 e. The summed E-state index contributed by atoms with van der Waals surface area (Å²) in [7, 11) is 0. The minimum Gasteiger partial charge on any atom is -0.378 e. The highest BCUT2D eigenvalue weighted by molar-refractivity contribution is 5.32. The maximum absolute atomic E-state index is 9.77. The summed E-state index contributed by atoms with van der Waals surface area (Å²) in [6.07, 6.45) is 3.29. The number of hydrogen-bond acceptors (Lipinski definition) is 3. The predicted molar refractivity (Wildman–Crippen MR) is 84.8 cm³/mol. The smallest absolute Gasteiger partial charge is 0.156 e. The number of nitrogens with zero attached hydrogens (tertiary/aromatic N) is 1. The molecule has 114 valence electrons. The van der Waals surface area contributed by atoms with E-state index in [-0.39, 0.29) is 5.41 Å². The van der Waals surface area contributed by atoms with Crippen molar-refractivity contribution in [1.29, 1.82) is 5.26 Å². The highest BCUT2D eigenvalue weighted by Gasteiger charge is 2.38. The molecule has 21 heavy (non-hydrogen) atoms. The molecule has 1 aliphatic carbocycles. The van der Waals surface area contributed by atoms with E-state index in [4.69, 9.17) is 4.74 Å². The van der Waals surface area contributed by atoms with Gasteiger partial charge in [-0.15, -0.1) is 0 Å². The molecule has 3 nitrogen and oxygen atoms in total. The number of hydrogen-bond donors (Lipinski definition) is 1. The maximum Gasteiger partial charge on any atom is 0.156 e. The van der Waals surface area contributed by atoms with Gasteiger partial charge >= 0.3 is 0 Å². The van der Waals surface area contributed by atoms with Gasteiger partial charge in [0.15, 0.2) is 5.54 Å². The van der Waals surface area contributed by atoms with Crippen LogP contribution in [0, 0.1) is 16.7 Å². The van der Waals surface area contributed by atoms with Crippen molar-refractivity contribution in [3.8, 4) is 6.07 Å². The molecule has 1 aromatic rings. The Morgan fingerprint density at radius 3 is 2.43 bits per heavy atom. The van der Waals surface area contributed by atoms with Crippen molar-refractivity contribution < 1.29 is 4.74 Å². The molecule has 1 unspecified atom stereocenters. The molecule has 3 heteroatoms. The van der Waals surface area contributed by atoms with E-state index in [1.165, 1.54) is 0 Å². The van der Waals surface area contributed by atoms with Gasteiger partial charge in [-0.25, -0.2) is 0 Å². The van der Waals surface area contributed by atoms with Gasteiger partial charge in [0.1, 0.15) is 0 Å². The van der Waals surface area contributed by atoms with Gasteiger partial charge in [0, 0.05) is 12.6 Å². The molecule has 1 fully saturated rings. The van der Waals surface area contributed by atoms with Crippen LogP contribution in [0.3, 0.4) is 0 Å². The van der Waals surface area contributed by atoms with Gasteiger partial charge in [0.05, 0.1) is 12.7 Å². The van der Waals surface area contributed by atoms with Gasteiger partial charge in [-0.1, -0.05) is 51.1 Å². The SMILES string of the molecule is CC(C)(C)CCOCC(C#N)(NC1CC1)c1ccccc1. The first-order valence-electron chi connectivity index (χ1n) is 7.77. The van der Waals surface area contributed by atoms with Crippen molar-refractivity contribution in [3.63, 3.8) is 0 Å². The van der Waals surface area contributed by atoms with Crippen LogP contribution >= 0.6 is 0 Å². The fourth-order valence-corrected chi connectivity index (χ4v) is 2.24. The van der Waals surface area contributed by atoms with E-state index in [1.54, 1.807) is 0 Å². The first-order chi connectivity index (χ1) is 9.95. The van der Waals surface area contributed by atoms with Gasteiger partial charge < -0.3 is 4.74 Å². The van der Waals surface area contributed by atoms with Crippen LogP contribution in [-0.4, -0.2) is 19.3 Å².